The molecule has 1 atom stereocenters. The molecular weight excluding hydrogens is 244 g/mol. The van der Waals surface area contributed by atoms with E-state index in [2.05, 4.69) is 58.8 Å². The molecule has 0 spiro atoms. The number of nitrogens with one attached hydrogen (secondary N) is 1. The molecule has 20 heavy (non-hydrogen) atoms. The number of hydrogen-bond acceptors (Lipinski definition) is 2. The molecule has 1 N–H and O–H groups in total. The largest absolute Gasteiger partial charge is 0.315 e. The maximum atomic E-state index is 3.66. The van der Waals surface area contributed by atoms with Crippen molar-refractivity contribution in [3.8, 4) is 0 Å². The first-order valence-electron chi connectivity index (χ1n) is 8.65. The Hall–Kier alpha value is -0.0800. The molecule has 0 saturated heterocycles. The molecule has 0 bridgehead atoms. The first-order chi connectivity index (χ1) is 9.23. The van der Waals surface area contributed by atoms with E-state index in [0.29, 0.717) is 11.5 Å². The van der Waals surface area contributed by atoms with Crippen molar-refractivity contribution >= 4 is 0 Å². The Morgan fingerprint density at radius 2 is 1.60 bits per heavy atom. The zero-order valence-electron chi connectivity index (χ0n) is 15.0. The number of rotatable bonds is 7. The van der Waals surface area contributed by atoms with Gasteiger partial charge in [-0.15, -0.1) is 0 Å². The van der Waals surface area contributed by atoms with Crippen LogP contribution in [0.1, 0.15) is 67.2 Å². The van der Waals surface area contributed by atoms with Crippen molar-refractivity contribution in [1.82, 2.24) is 10.2 Å². The molecule has 1 aliphatic rings. The van der Waals surface area contributed by atoms with Crippen molar-refractivity contribution in [2.75, 3.05) is 20.1 Å². The average molecular weight is 283 g/mol. The fourth-order valence-electron chi connectivity index (χ4n) is 3.43. The van der Waals surface area contributed by atoms with E-state index in [9.17, 15) is 0 Å². The van der Waals surface area contributed by atoms with E-state index in [1.54, 1.807) is 0 Å². The van der Waals surface area contributed by atoms with Gasteiger partial charge in [-0.3, -0.25) is 4.90 Å². The molecule has 1 saturated carbocycles. The van der Waals surface area contributed by atoms with E-state index < -0.39 is 0 Å². The minimum absolute atomic E-state index is 0.570. The summed E-state index contributed by atoms with van der Waals surface area (Å²) in [7, 11) is 2.35. The van der Waals surface area contributed by atoms with Gasteiger partial charge in [-0.1, -0.05) is 41.5 Å². The first-order valence-corrected chi connectivity index (χ1v) is 8.65. The van der Waals surface area contributed by atoms with Crippen LogP contribution >= 0.6 is 0 Å². The van der Waals surface area contributed by atoms with Gasteiger partial charge in [-0.25, -0.2) is 0 Å². The van der Waals surface area contributed by atoms with E-state index in [1.807, 2.05) is 0 Å². The number of nitrogens with zero attached hydrogens (tertiary/aromatic N) is 1. The predicted molar refractivity (Wildman–Crippen MR) is 90.1 cm³/mol. The fraction of sp³-hybridized carbons (Fsp3) is 1.00. The summed E-state index contributed by atoms with van der Waals surface area (Å²) in [5.74, 6) is 1.46. The Morgan fingerprint density at radius 1 is 1.05 bits per heavy atom. The highest BCUT2D eigenvalue weighted by Gasteiger charge is 2.32. The van der Waals surface area contributed by atoms with Crippen molar-refractivity contribution in [3.05, 3.63) is 0 Å². The van der Waals surface area contributed by atoms with Crippen LogP contribution in [0.2, 0.25) is 0 Å². The zero-order valence-corrected chi connectivity index (χ0v) is 15.0. The number of likely N-dealkylation sites (N-methyl/N-ethyl adjacent to an activating group) is 1. The molecule has 120 valence electrons. The SMILES string of the molecule is CC(C)CNCC(C(C)C)N(C)C1CCC(C)(C)CC1. The van der Waals surface area contributed by atoms with Crippen molar-refractivity contribution < 1.29 is 0 Å². The average Bonchev–Trinajstić information content (AvgIpc) is 2.33. The highest BCUT2D eigenvalue weighted by Crippen LogP contribution is 2.37. The van der Waals surface area contributed by atoms with Gasteiger partial charge in [0.15, 0.2) is 0 Å². The van der Waals surface area contributed by atoms with Gasteiger partial charge in [0, 0.05) is 18.6 Å². The second-order valence-corrected chi connectivity index (χ2v) is 8.42. The Labute approximate surface area is 127 Å². The predicted octanol–water partition coefficient (Wildman–Crippen LogP) is 4.16. The van der Waals surface area contributed by atoms with Crippen LogP contribution < -0.4 is 5.32 Å². The molecule has 0 aromatic heterocycles. The van der Waals surface area contributed by atoms with Crippen LogP contribution in [0.3, 0.4) is 0 Å². The van der Waals surface area contributed by atoms with Crippen LogP contribution in [0.5, 0.6) is 0 Å². The molecular formula is C18H38N2. The Kier molecular flexibility index (Phi) is 7.00. The maximum Gasteiger partial charge on any atom is 0.0243 e. The molecule has 1 aliphatic carbocycles. The Bertz CT molecular complexity index is 261. The van der Waals surface area contributed by atoms with E-state index in [0.717, 1.165) is 31.0 Å². The minimum atomic E-state index is 0.570. The lowest BCUT2D eigenvalue weighted by Gasteiger charge is -2.43. The van der Waals surface area contributed by atoms with E-state index in [-0.39, 0.29) is 0 Å². The maximum absolute atomic E-state index is 3.66. The molecule has 2 nitrogen and oxygen atoms in total. The summed E-state index contributed by atoms with van der Waals surface area (Å²) in [5.41, 5.74) is 0.570. The molecule has 0 radical (unpaired) electrons. The van der Waals surface area contributed by atoms with E-state index >= 15 is 0 Å². The zero-order chi connectivity index (χ0) is 15.3. The molecule has 2 heteroatoms. The van der Waals surface area contributed by atoms with Gasteiger partial charge in [0.05, 0.1) is 0 Å². The third-order valence-electron chi connectivity index (χ3n) is 5.08. The quantitative estimate of drug-likeness (QED) is 0.754. The highest BCUT2D eigenvalue weighted by molar-refractivity contribution is 4.87. The summed E-state index contributed by atoms with van der Waals surface area (Å²) in [6.07, 6.45) is 5.51. The number of hydrogen-bond donors (Lipinski definition) is 1. The molecule has 1 rings (SSSR count). The van der Waals surface area contributed by atoms with Gasteiger partial charge in [0.2, 0.25) is 0 Å². The summed E-state index contributed by atoms with van der Waals surface area (Å²) in [6, 6.07) is 1.45. The first kappa shape index (κ1) is 18.0. The normalized spacial score (nSPS) is 21.9. The fourth-order valence-corrected chi connectivity index (χ4v) is 3.43. The molecule has 1 fully saturated rings. The summed E-state index contributed by atoms with van der Waals surface area (Å²) in [5, 5.41) is 3.66. The lowest BCUT2D eigenvalue weighted by atomic mass is 9.75. The summed E-state index contributed by atoms with van der Waals surface area (Å²) < 4.78 is 0. The van der Waals surface area contributed by atoms with Crippen LogP contribution in [0, 0.1) is 17.3 Å². The van der Waals surface area contributed by atoms with E-state index in [4.69, 9.17) is 0 Å². The minimum Gasteiger partial charge on any atom is -0.315 e. The van der Waals surface area contributed by atoms with Crippen LogP contribution in [0.25, 0.3) is 0 Å². The molecule has 0 heterocycles. The Balaban J connectivity index is 2.49. The molecule has 1 unspecified atom stereocenters. The van der Waals surface area contributed by atoms with Gasteiger partial charge in [-0.05, 0) is 56.5 Å². The molecule has 0 aromatic rings. The monoisotopic (exact) mass is 282 g/mol. The van der Waals surface area contributed by atoms with Crippen molar-refractivity contribution in [2.24, 2.45) is 17.3 Å². The van der Waals surface area contributed by atoms with Gasteiger partial charge in [0.25, 0.3) is 0 Å². The third kappa shape index (κ3) is 5.73. The lowest BCUT2D eigenvalue weighted by Crippen LogP contribution is -2.50. The molecule has 0 amide bonds. The van der Waals surface area contributed by atoms with Crippen LogP contribution in [-0.4, -0.2) is 37.1 Å². The van der Waals surface area contributed by atoms with Crippen molar-refractivity contribution in [2.45, 2.75) is 79.3 Å². The van der Waals surface area contributed by atoms with Gasteiger partial charge >= 0.3 is 0 Å². The van der Waals surface area contributed by atoms with Crippen LogP contribution in [0.15, 0.2) is 0 Å². The summed E-state index contributed by atoms with van der Waals surface area (Å²) in [6.45, 7) is 16.4. The Morgan fingerprint density at radius 3 is 2.05 bits per heavy atom. The van der Waals surface area contributed by atoms with E-state index in [1.165, 1.54) is 25.7 Å². The standard InChI is InChI=1S/C18H38N2/c1-14(2)12-19-13-17(15(3)4)20(7)16-8-10-18(5,6)11-9-16/h14-17,19H,8-13H2,1-7H3. The van der Waals surface area contributed by atoms with Gasteiger partial charge in [-0.2, -0.15) is 0 Å². The summed E-state index contributed by atoms with van der Waals surface area (Å²) in [4.78, 5) is 2.67. The van der Waals surface area contributed by atoms with Crippen molar-refractivity contribution in [1.29, 1.82) is 0 Å². The second-order valence-electron chi connectivity index (χ2n) is 8.42. The van der Waals surface area contributed by atoms with Crippen LogP contribution in [-0.2, 0) is 0 Å². The van der Waals surface area contributed by atoms with Gasteiger partial charge in [0.1, 0.15) is 0 Å². The molecule has 0 aromatic carbocycles. The topological polar surface area (TPSA) is 15.3 Å². The molecule has 0 aliphatic heterocycles. The smallest absolute Gasteiger partial charge is 0.0243 e. The summed E-state index contributed by atoms with van der Waals surface area (Å²) >= 11 is 0. The van der Waals surface area contributed by atoms with Crippen LogP contribution in [0.4, 0.5) is 0 Å². The highest BCUT2D eigenvalue weighted by atomic mass is 15.2. The van der Waals surface area contributed by atoms with Crippen molar-refractivity contribution in [3.63, 3.8) is 0 Å². The second kappa shape index (κ2) is 7.79. The lowest BCUT2D eigenvalue weighted by molar-refractivity contribution is 0.0748. The third-order valence-corrected chi connectivity index (χ3v) is 5.08. The van der Waals surface area contributed by atoms with Gasteiger partial charge < -0.3 is 5.32 Å².